The summed E-state index contributed by atoms with van der Waals surface area (Å²) in [5, 5.41) is 0. The van der Waals surface area contributed by atoms with Crippen LogP contribution >= 0.6 is 67.8 Å². The summed E-state index contributed by atoms with van der Waals surface area (Å²) in [5.41, 5.74) is -0.175. The molecule has 1 atom stereocenters. The van der Waals surface area contributed by atoms with Gasteiger partial charge < -0.3 is 4.74 Å². The molecule has 0 bridgehead atoms. The Bertz CT molecular complexity index is 540. The van der Waals surface area contributed by atoms with E-state index in [0.29, 0.717) is 12.2 Å². The molecule has 2 saturated carbocycles. The maximum Gasteiger partial charge on any atom is 0.146 e. The van der Waals surface area contributed by atoms with Crippen LogP contribution < -0.4 is 4.74 Å². The molecule has 0 heterocycles. The summed E-state index contributed by atoms with van der Waals surface area (Å²) < 4.78 is 9.86. The number of hydrogen-bond acceptors (Lipinski definition) is 2. The van der Waals surface area contributed by atoms with Crippen molar-refractivity contribution in [2.75, 3.05) is 0 Å². The number of carbonyl (C=O) groups is 1. The second-order valence-electron chi connectivity index (χ2n) is 6.00. The molecule has 21 heavy (non-hydrogen) atoms. The molecule has 0 aliphatic heterocycles. The molecule has 114 valence electrons. The fourth-order valence-corrected chi connectivity index (χ4v) is 7.35. The SMILES string of the molecule is O=C1CC(Oc2c(I)cc(I)cc2I)C12CCCCCC2. The number of ether oxygens (including phenoxy) is 1. The second kappa shape index (κ2) is 6.78. The van der Waals surface area contributed by atoms with Crippen LogP contribution in [0.15, 0.2) is 12.1 Å². The van der Waals surface area contributed by atoms with Crippen molar-refractivity contribution in [2.24, 2.45) is 5.41 Å². The van der Waals surface area contributed by atoms with Gasteiger partial charge in [0.1, 0.15) is 17.6 Å². The second-order valence-corrected chi connectivity index (χ2v) is 9.57. The molecule has 2 aliphatic rings. The zero-order chi connectivity index (χ0) is 15.0. The molecule has 5 heteroatoms. The standard InChI is InChI=1S/C16H17I3O2/c17-10-7-11(18)15(12(19)8-10)21-14-9-13(20)16(14)5-3-1-2-4-6-16/h7-8,14H,1-6,9H2. The number of carbonyl (C=O) groups excluding carboxylic acids is 1. The van der Waals surface area contributed by atoms with Gasteiger partial charge in [-0.1, -0.05) is 25.7 Å². The lowest BCUT2D eigenvalue weighted by atomic mass is 9.60. The van der Waals surface area contributed by atoms with Crippen LogP contribution in [0.1, 0.15) is 44.9 Å². The van der Waals surface area contributed by atoms with Crippen molar-refractivity contribution in [1.82, 2.24) is 0 Å². The first-order chi connectivity index (χ1) is 10.0. The van der Waals surface area contributed by atoms with E-state index < -0.39 is 0 Å². The number of benzene rings is 1. The summed E-state index contributed by atoms with van der Waals surface area (Å²) in [6.07, 6.45) is 7.60. The molecule has 0 aromatic heterocycles. The van der Waals surface area contributed by atoms with Crippen molar-refractivity contribution in [3.05, 3.63) is 22.8 Å². The molecule has 1 aromatic carbocycles. The number of rotatable bonds is 2. The van der Waals surface area contributed by atoms with Crippen LogP contribution in [0.25, 0.3) is 0 Å². The summed E-state index contributed by atoms with van der Waals surface area (Å²) >= 11 is 7.01. The highest BCUT2D eigenvalue weighted by molar-refractivity contribution is 14.1. The predicted molar refractivity (Wildman–Crippen MR) is 109 cm³/mol. The van der Waals surface area contributed by atoms with Gasteiger partial charge in [0, 0.05) is 9.99 Å². The van der Waals surface area contributed by atoms with Gasteiger partial charge in [0.05, 0.1) is 12.6 Å². The monoisotopic (exact) mass is 622 g/mol. The Morgan fingerprint density at radius 3 is 2.10 bits per heavy atom. The van der Waals surface area contributed by atoms with Gasteiger partial charge in [-0.05, 0) is 92.7 Å². The van der Waals surface area contributed by atoms with Gasteiger partial charge in [-0.15, -0.1) is 0 Å². The van der Waals surface area contributed by atoms with Gasteiger partial charge in [-0.25, -0.2) is 0 Å². The first kappa shape index (κ1) is 16.7. The lowest BCUT2D eigenvalue weighted by molar-refractivity contribution is -0.154. The summed E-state index contributed by atoms with van der Waals surface area (Å²) in [7, 11) is 0. The molecule has 1 spiro atoms. The van der Waals surface area contributed by atoms with Gasteiger partial charge >= 0.3 is 0 Å². The van der Waals surface area contributed by atoms with Gasteiger partial charge in [0.15, 0.2) is 0 Å². The van der Waals surface area contributed by atoms with Crippen LogP contribution in [0.4, 0.5) is 0 Å². The maximum absolute atomic E-state index is 12.3. The molecule has 2 nitrogen and oxygen atoms in total. The quantitative estimate of drug-likeness (QED) is 0.405. The summed E-state index contributed by atoms with van der Waals surface area (Å²) in [6, 6.07) is 4.28. The zero-order valence-electron chi connectivity index (χ0n) is 11.6. The summed E-state index contributed by atoms with van der Waals surface area (Å²) in [5.74, 6) is 1.41. The molecule has 2 fully saturated rings. The minimum Gasteiger partial charge on any atom is -0.487 e. The number of ketones is 1. The van der Waals surface area contributed by atoms with E-state index in [1.165, 1.54) is 29.3 Å². The van der Waals surface area contributed by atoms with Gasteiger partial charge in [0.25, 0.3) is 0 Å². The Labute approximate surface area is 166 Å². The van der Waals surface area contributed by atoms with Crippen molar-refractivity contribution in [3.63, 3.8) is 0 Å². The lowest BCUT2D eigenvalue weighted by Crippen LogP contribution is -2.56. The Balaban J connectivity index is 1.83. The third-order valence-corrected chi connectivity index (χ3v) is 6.99. The highest BCUT2D eigenvalue weighted by Crippen LogP contribution is 2.50. The molecule has 2 aliphatic carbocycles. The van der Waals surface area contributed by atoms with E-state index in [1.54, 1.807) is 0 Å². The fraction of sp³-hybridized carbons (Fsp3) is 0.562. The molecule has 0 radical (unpaired) electrons. The number of Topliss-reactive ketones (excluding diaryl/α,β-unsaturated/α-hetero) is 1. The Morgan fingerprint density at radius 1 is 1.00 bits per heavy atom. The third kappa shape index (κ3) is 3.25. The summed E-state index contributed by atoms with van der Waals surface area (Å²) in [4.78, 5) is 12.3. The molecule has 1 aromatic rings. The Hall–Kier alpha value is 0.880. The van der Waals surface area contributed by atoms with Crippen molar-refractivity contribution >= 4 is 73.6 Å². The van der Waals surface area contributed by atoms with E-state index in [0.717, 1.165) is 25.7 Å². The first-order valence-corrected chi connectivity index (χ1v) is 10.6. The largest absolute Gasteiger partial charge is 0.487 e. The first-order valence-electron chi connectivity index (χ1n) is 7.37. The molecule has 0 N–H and O–H groups in total. The molecule has 1 unspecified atom stereocenters. The summed E-state index contributed by atoms with van der Waals surface area (Å²) in [6.45, 7) is 0. The predicted octanol–water partition coefficient (Wildman–Crippen LogP) is 5.56. The molecule has 0 amide bonds. The van der Waals surface area contributed by atoms with Crippen LogP contribution in [0.3, 0.4) is 0 Å². The van der Waals surface area contributed by atoms with E-state index in [9.17, 15) is 4.79 Å². The lowest BCUT2D eigenvalue weighted by Gasteiger charge is -2.47. The van der Waals surface area contributed by atoms with Crippen LogP contribution in [-0.2, 0) is 4.79 Å². The van der Waals surface area contributed by atoms with E-state index in [4.69, 9.17) is 4.74 Å². The van der Waals surface area contributed by atoms with Crippen LogP contribution in [0.5, 0.6) is 5.75 Å². The van der Waals surface area contributed by atoms with E-state index in [2.05, 4.69) is 79.9 Å². The van der Waals surface area contributed by atoms with Gasteiger partial charge in [-0.3, -0.25) is 4.79 Å². The highest BCUT2D eigenvalue weighted by Gasteiger charge is 2.55. The maximum atomic E-state index is 12.3. The smallest absolute Gasteiger partial charge is 0.146 e. The topological polar surface area (TPSA) is 26.3 Å². The normalized spacial score (nSPS) is 24.5. The average molecular weight is 622 g/mol. The highest BCUT2D eigenvalue weighted by atomic mass is 127. The minimum absolute atomic E-state index is 0.0881. The van der Waals surface area contributed by atoms with E-state index >= 15 is 0 Å². The van der Waals surface area contributed by atoms with E-state index in [1.807, 2.05) is 0 Å². The average Bonchev–Trinajstić information content (AvgIpc) is 2.69. The van der Waals surface area contributed by atoms with Crippen molar-refractivity contribution in [1.29, 1.82) is 0 Å². The molecular weight excluding hydrogens is 605 g/mol. The minimum atomic E-state index is -0.175. The zero-order valence-corrected chi connectivity index (χ0v) is 18.1. The van der Waals surface area contributed by atoms with Crippen molar-refractivity contribution in [2.45, 2.75) is 51.0 Å². The number of halogens is 3. The Kier molecular flexibility index (Phi) is 5.40. The van der Waals surface area contributed by atoms with Crippen molar-refractivity contribution < 1.29 is 9.53 Å². The van der Waals surface area contributed by atoms with Gasteiger partial charge in [0.2, 0.25) is 0 Å². The molecule has 3 rings (SSSR count). The number of hydrogen-bond donors (Lipinski definition) is 0. The molecular formula is C16H17I3O2. The van der Waals surface area contributed by atoms with Crippen LogP contribution in [0.2, 0.25) is 0 Å². The van der Waals surface area contributed by atoms with Crippen molar-refractivity contribution in [3.8, 4) is 5.75 Å². The van der Waals surface area contributed by atoms with Crippen LogP contribution in [0, 0.1) is 16.1 Å². The van der Waals surface area contributed by atoms with Gasteiger partial charge in [-0.2, -0.15) is 0 Å². The van der Waals surface area contributed by atoms with Crippen LogP contribution in [-0.4, -0.2) is 11.9 Å². The fourth-order valence-electron chi connectivity index (χ4n) is 3.51. The Morgan fingerprint density at radius 2 is 1.57 bits per heavy atom. The van der Waals surface area contributed by atoms with E-state index in [-0.39, 0.29) is 11.5 Å². The third-order valence-electron chi connectivity index (χ3n) is 4.76. The molecule has 0 saturated heterocycles.